The molecule has 3 heterocycles. The third-order valence-electron chi connectivity index (χ3n) is 5.71. The second kappa shape index (κ2) is 7.55. The van der Waals surface area contributed by atoms with Crippen LogP contribution in [0.15, 0.2) is 54.6 Å². The summed E-state index contributed by atoms with van der Waals surface area (Å²) in [6.45, 7) is 7.63. The van der Waals surface area contributed by atoms with Gasteiger partial charge in [-0.3, -0.25) is 9.59 Å². The Bertz CT molecular complexity index is 1440. The molecule has 5 rings (SSSR count). The van der Waals surface area contributed by atoms with Crippen molar-refractivity contribution in [2.75, 3.05) is 5.32 Å². The number of anilines is 1. The summed E-state index contributed by atoms with van der Waals surface area (Å²) >= 11 is 0. The number of benzene rings is 2. The number of fused-ring (bicyclic) bond motifs is 2. The molecule has 1 amide bonds. The van der Waals surface area contributed by atoms with Gasteiger partial charge in [0.25, 0.3) is 5.91 Å². The lowest BCUT2D eigenvalue weighted by atomic mass is 9.92. The van der Waals surface area contributed by atoms with Crippen LogP contribution in [0.1, 0.15) is 52.2 Å². The number of carbonyl (C=O) groups excluding carboxylic acids is 2. The van der Waals surface area contributed by atoms with E-state index in [4.69, 9.17) is 9.72 Å². The van der Waals surface area contributed by atoms with Crippen molar-refractivity contribution in [3.05, 3.63) is 77.0 Å². The lowest BCUT2D eigenvalue weighted by Crippen LogP contribution is -2.36. The molecule has 1 N–H and O–H groups in total. The van der Waals surface area contributed by atoms with Crippen LogP contribution in [0.25, 0.3) is 16.7 Å². The zero-order valence-corrected chi connectivity index (χ0v) is 19.0. The molecule has 7 heteroatoms. The van der Waals surface area contributed by atoms with E-state index in [1.165, 1.54) is 0 Å². The molecule has 0 atom stereocenters. The number of Topliss-reactive ketones (excluding diaryl/α,β-unsaturated/α-hetero) is 1. The van der Waals surface area contributed by atoms with Gasteiger partial charge in [0.1, 0.15) is 17.2 Å². The Morgan fingerprint density at radius 1 is 1.09 bits per heavy atom. The molecule has 2 aromatic heterocycles. The van der Waals surface area contributed by atoms with Gasteiger partial charge in [0.2, 0.25) is 0 Å². The molecule has 0 fully saturated rings. The van der Waals surface area contributed by atoms with Crippen molar-refractivity contribution in [2.24, 2.45) is 0 Å². The monoisotopic (exact) mass is 440 g/mol. The van der Waals surface area contributed by atoms with Crippen LogP contribution in [0.4, 0.5) is 5.82 Å². The van der Waals surface area contributed by atoms with Crippen LogP contribution in [0, 0.1) is 13.8 Å². The molecule has 4 aromatic rings. The molecule has 1 aliphatic heterocycles. The van der Waals surface area contributed by atoms with Crippen LogP contribution in [0.5, 0.6) is 5.75 Å². The van der Waals surface area contributed by atoms with E-state index in [2.05, 4.69) is 10.4 Å². The predicted octanol–water partition coefficient (Wildman–Crippen LogP) is 5.03. The fourth-order valence-corrected chi connectivity index (χ4v) is 4.19. The van der Waals surface area contributed by atoms with Crippen molar-refractivity contribution in [1.29, 1.82) is 0 Å². The molecular weight excluding hydrogens is 416 g/mol. The maximum absolute atomic E-state index is 13.1. The molecular formula is C26H24N4O3. The van der Waals surface area contributed by atoms with E-state index in [1.807, 2.05) is 58.0 Å². The Morgan fingerprint density at radius 2 is 1.88 bits per heavy atom. The third-order valence-corrected chi connectivity index (χ3v) is 5.71. The quantitative estimate of drug-likeness (QED) is 0.483. The first-order valence-corrected chi connectivity index (χ1v) is 10.8. The van der Waals surface area contributed by atoms with Gasteiger partial charge in [0, 0.05) is 17.0 Å². The first-order valence-electron chi connectivity index (χ1n) is 10.8. The summed E-state index contributed by atoms with van der Waals surface area (Å²) in [5.74, 6) is 1.25. The van der Waals surface area contributed by atoms with Gasteiger partial charge in [-0.1, -0.05) is 18.2 Å². The molecule has 1 aliphatic rings. The number of ether oxygens (including phenoxy) is 1. The van der Waals surface area contributed by atoms with E-state index < -0.39 is 5.60 Å². The number of ketones is 1. The van der Waals surface area contributed by atoms with Crippen LogP contribution >= 0.6 is 0 Å². The number of hydrogen-bond acceptors (Lipinski definition) is 5. The van der Waals surface area contributed by atoms with E-state index in [9.17, 15) is 9.59 Å². The Balaban J connectivity index is 1.48. The normalized spacial score (nSPS) is 14.6. The number of aromatic nitrogens is 3. The van der Waals surface area contributed by atoms with E-state index in [0.29, 0.717) is 28.5 Å². The van der Waals surface area contributed by atoms with Crippen molar-refractivity contribution in [1.82, 2.24) is 14.8 Å². The van der Waals surface area contributed by atoms with E-state index in [-0.39, 0.29) is 18.1 Å². The summed E-state index contributed by atoms with van der Waals surface area (Å²) in [6.07, 6.45) is 0.268. The number of para-hydroxylation sites is 1. The van der Waals surface area contributed by atoms with Gasteiger partial charge in [-0.2, -0.15) is 9.78 Å². The number of aryl methyl sites for hydroxylation is 2. The topological polar surface area (TPSA) is 86.1 Å². The van der Waals surface area contributed by atoms with Crippen LogP contribution in [-0.2, 0) is 0 Å². The predicted molar refractivity (Wildman–Crippen MR) is 126 cm³/mol. The fraction of sp³-hybridized carbons (Fsp3) is 0.231. The smallest absolute Gasteiger partial charge is 0.256 e. The first-order chi connectivity index (χ1) is 15.7. The number of rotatable bonds is 3. The van der Waals surface area contributed by atoms with Crippen molar-refractivity contribution >= 4 is 28.4 Å². The van der Waals surface area contributed by atoms with Crippen molar-refractivity contribution in [3.63, 3.8) is 0 Å². The molecule has 0 unspecified atom stereocenters. The van der Waals surface area contributed by atoms with Gasteiger partial charge in [0.15, 0.2) is 11.6 Å². The van der Waals surface area contributed by atoms with Gasteiger partial charge in [0.05, 0.1) is 23.2 Å². The van der Waals surface area contributed by atoms with E-state index in [1.54, 1.807) is 28.9 Å². The minimum atomic E-state index is -0.553. The first kappa shape index (κ1) is 20.9. The number of hydrogen-bond donors (Lipinski definition) is 1. The van der Waals surface area contributed by atoms with Crippen molar-refractivity contribution < 1.29 is 14.3 Å². The number of nitrogens with zero attached hydrogens (tertiary/aromatic N) is 3. The highest BCUT2D eigenvalue weighted by atomic mass is 16.5. The Morgan fingerprint density at radius 3 is 2.70 bits per heavy atom. The molecule has 0 bridgehead atoms. The van der Waals surface area contributed by atoms with Crippen LogP contribution in [-0.4, -0.2) is 32.1 Å². The molecule has 0 aliphatic carbocycles. The summed E-state index contributed by atoms with van der Waals surface area (Å²) in [6, 6.07) is 16.6. The van der Waals surface area contributed by atoms with Crippen molar-refractivity contribution in [2.45, 2.75) is 39.7 Å². The third kappa shape index (κ3) is 3.86. The number of pyridine rings is 1. The summed E-state index contributed by atoms with van der Waals surface area (Å²) in [5, 5.41) is 8.53. The number of amides is 1. The second-order valence-corrected chi connectivity index (χ2v) is 9.02. The highest BCUT2D eigenvalue weighted by molar-refractivity contribution is 6.07. The molecule has 0 radical (unpaired) electrons. The second-order valence-electron chi connectivity index (χ2n) is 9.02. The maximum atomic E-state index is 13.1. The highest BCUT2D eigenvalue weighted by Crippen LogP contribution is 2.33. The Kier molecular flexibility index (Phi) is 4.78. The summed E-state index contributed by atoms with van der Waals surface area (Å²) < 4.78 is 7.52. The number of carbonyl (C=O) groups is 2. The largest absolute Gasteiger partial charge is 0.487 e. The van der Waals surface area contributed by atoms with Gasteiger partial charge in [-0.15, -0.1) is 0 Å². The molecule has 33 heavy (non-hydrogen) atoms. The molecule has 0 spiro atoms. The van der Waals surface area contributed by atoms with E-state index in [0.717, 1.165) is 22.2 Å². The summed E-state index contributed by atoms with van der Waals surface area (Å²) in [4.78, 5) is 30.4. The lowest BCUT2D eigenvalue weighted by Gasteiger charge is -2.31. The van der Waals surface area contributed by atoms with Crippen LogP contribution in [0.2, 0.25) is 0 Å². The van der Waals surface area contributed by atoms with Gasteiger partial charge in [-0.05, 0) is 63.6 Å². The SMILES string of the molecule is Cc1cc(NC(=O)c2ccc3c(c2)C(=O)CC(C)(C)O3)n(-c2cc(C)c3ccccc3n2)n1. The molecule has 166 valence electrons. The summed E-state index contributed by atoms with van der Waals surface area (Å²) in [7, 11) is 0. The molecule has 7 nitrogen and oxygen atoms in total. The van der Waals surface area contributed by atoms with Gasteiger partial charge >= 0.3 is 0 Å². The summed E-state index contributed by atoms with van der Waals surface area (Å²) in [5.41, 5.74) is 2.92. The average molecular weight is 441 g/mol. The molecule has 0 saturated heterocycles. The van der Waals surface area contributed by atoms with Gasteiger partial charge < -0.3 is 10.1 Å². The number of nitrogens with one attached hydrogen (secondary N) is 1. The van der Waals surface area contributed by atoms with E-state index >= 15 is 0 Å². The molecule has 2 aromatic carbocycles. The van der Waals surface area contributed by atoms with Crippen LogP contribution in [0.3, 0.4) is 0 Å². The van der Waals surface area contributed by atoms with Crippen molar-refractivity contribution in [3.8, 4) is 11.6 Å². The minimum absolute atomic E-state index is 0.0346. The fourth-order valence-electron chi connectivity index (χ4n) is 4.19. The lowest BCUT2D eigenvalue weighted by molar-refractivity contribution is 0.0620. The zero-order chi connectivity index (χ0) is 23.3. The Hall–Kier alpha value is -4.00. The van der Waals surface area contributed by atoms with Crippen LogP contribution < -0.4 is 10.1 Å². The highest BCUT2D eigenvalue weighted by Gasteiger charge is 2.33. The maximum Gasteiger partial charge on any atom is 0.256 e. The minimum Gasteiger partial charge on any atom is -0.487 e. The Labute approximate surface area is 191 Å². The molecule has 0 saturated carbocycles. The average Bonchev–Trinajstić information content (AvgIpc) is 3.12. The van der Waals surface area contributed by atoms with Gasteiger partial charge in [-0.25, -0.2) is 4.98 Å². The standard InChI is InChI=1S/C26H24N4O3/c1-15-11-23(27-20-8-6-5-7-18(15)20)30-24(12-16(2)29-30)28-25(32)17-9-10-22-19(13-17)21(31)14-26(3,4)33-22/h5-13H,14H2,1-4H3,(H,28,32). The zero-order valence-electron chi connectivity index (χ0n) is 19.0.